The van der Waals surface area contributed by atoms with Crippen LogP contribution >= 0.6 is 0 Å². The molecule has 1 N–H and O–H groups in total. The molecule has 1 aromatic carbocycles. The van der Waals surface area contributed by atoms with Gasteiger partial charge >= 0.3 is 0 Å². The van der Waals surface area contributed by atoms with Gasteiger partial charge in [0.25, 0.3) is 0 Å². The smallest absolute Gasteiger partial charge is 0.120 e. The number of rotatable bonds is 2. The van der Waals surface area contributed by atoms with Gasteiger partial charge in [-0.1, -0.05) is 25.1 Å². The van der Waals surface area contributed by atoms with E-state index < -0.39 is 0 Å². The molecule has 1 aromatic rings. The lowest BCUT2D eigenvalue weighted by Crippen LogP contribution is -2.40. The molecule has 2 unspecified atom stereocenters. The molecule has 1 aliphatic rings. The monoisotopic (exact) mass is 219 g/mol. The SMILES string of the molecule is CC1CCC(C)N(Cc2ccccc2O)C1. The zero-order valence-corrected chi connectivity index (χ0v) is 10.2. The maximum Gasteiger partial charge on any atom is 0.120 e. The maximum absolute atomic E-state index is 9.77. The number of phenolic OH excluding ortho intramolecular Hbond substituents is 1. The first-order valence-electron chi connectivity index (χ1n) is 6.17. The van der Waals surface area contributed by atoms with E-state index in [-0.39, 0.29) is 0 Å². The van der Waals surface area contributed by atoms with Crippen molar-refractivity contribution >= 4 is 0 Å². The van der Waals surface area contributed by atoms with E-state index in [1.54, 1.807) is 6.07 Å². The number of benzene rings is 1. The zero-order chi connectivity index (χ0) is 11.5. The lowest BCUT2D eigenvalue weighted by atomic mass is 9.94. The molecular formula is C14H21NO. The van der Waals surface area contributed by atoms with E-state index in [0.29, 0.717) is 11.8 Å². The lowest BCUT2D eigenvalue weighted by molar-refractivity contribution is 0.116. The third kappa shape index (κ3) is 2.56. The molecule has 0 amide bonds. The molecule has 0 radical (unpaired) electrons. The van der Waals surface area contributed by atoms with Gasteiger partial charge in [0.05, 0.1) is 0 Å². The molecule has 2 nitrogen and oxygen atoms in total. The minimum absolute atomic E-state index is 0.424. The van der Waals surface area contributed by atoms with Gasteiger partial charge in [0.1, 0.15) is 5.75 Å². The minimum atomic E-state index is 0.424. The van der Waals surface area contributed by atoms with Crippen molar-refractivity contribution in [1.29, 1.82) is 0 Å². The Morgan fingerprint density at radius 3 is 2.75 bits per heavy atom. The fourth-order valence-electron chi connectivity index (χ4n) is 2.46. The van der Waals surface area contributed by atoms with Crippen LogP contribution in [-0.4, -0.2) is 22.6 Å². The second-order valence-corrected chi connectivity index (χ2v) is 5.09. The quantitative estimate of drug-likeness (QED) is 0.826. The van der Waals surface area contributed by atoms with Gasteiger partial charge < -0.3 is 5.11 Å². The number of aromatic hydroxyl groups is 1. The van der Waals surface area contributed by atoms with Gasteiger partial charge in [0, 0.05) is 24.7 Å². The first-order valence-corrected chi connectivity index (χ1v) is 6.17. The summed E-state index contributed by atoms with van der Waals surface area (Å²) in [5.41, 5.74) is 1.04. The summed E-state index contributed by atoms with van der Waals surface area (Å²) in [4.78, 5) is 2.48. The Bertz CT molecular complexity index is 350. The number of nitrogens with zero attached hydrogens (tertiary/aromatic N) is 1. The Morgan fingerprint density at radius 1 is 1.25 bits per heavy atom. The molecule has 2 rings (SSSR count). The average Bonchev–Trinajstić information content (AvgIpc) is 2.27. The fraction of sp³-hybridized carbons (Fsp3) is 0.571. The Labute approximate surface area is 97.9 Å². The van der Waals surface area contributed by atoms with Crippen molar-refractivity contribution < 1.29 is 5.11 Å². The number of likely N-dealkylation sites (tertiary alicyclic amines) is 1. The normalized spacial score (nSPS) is 26.9. The highest BCUT2D eigenvalue weighted by Crippen LogP contribution is 2.25. The van der Waals surface area contributed by atoms with Crippen molar-refractivity contribution in [3.05, 3.63) is 29.8 Å². The third-order valence-corrected chi connectivity index (χ3v) is 3.61. The van der Waals surface area contributed by atoms with E-state index in [4.69, 9.17) is 0 Å². The third-order valence-electron chi connectivity index (χ3n) is 3.61. The highest BCUT2D eigenvalue weighted by Gasteiger charge is 2.23. The highest BCUT2D eigenvalue weighted by atomic mass is 16.3. The van der Waals surface area contributed by atoms with Gasteiger partial charge in [-0.25, -0.2) is 0 Å². The van der Waals surface area contributed by atoms with Crippen molar-refractivity contribution in [3.63, 3.8) is 0 Å². The van der Waals surface area contributed by atoms with Gasteiger partial charge in [-0.3, -0.25) is 4.90 Å². The van der Waals surface area contributed by atoms with Crippen LogP contribution < -0.4 is 0 Å². The molecule has 88 valence electrons. The predicted octanol–water partition coefficient (Wildman–Crippen LogP) is 3.01. The van der Waals surface area contributed by atoms with Crippen LogP contribution in [0.3, 0.4) is 0 Å². The van der Waals surface area contributed by atoms with Crippen LogP contribution in [0.25, 0.3) is 0 Å². The molecular weight excluding hydrogens is 198 g/mol. The van der Waals surface area contributed by atoms with E-state index in [1.807, 2.05) is 18.2 Å². The van der Waals surface area contributed by atoms with Gasteiger partial charge in [-0.2, -0.15) is 0 Å². The molecule has 0 aromatic heterocycles. The topological polar surface area (TPSA) is 23.5 Å². The number of piperidine rings is 1. The minimum Gasteiger partial charge on any atom is -0.508 e. The van der Waals surface area contributed by atoms with Crippen LogP contribution in [0.15, 0.2) is 24.3 Å². The zero-order valence-electron chi connectivity index (χ0n) is 10.2. The van der Waals surface area contributed by atoms with Crippen LogP contribution in [-0.2, 0) is 6.54 Å². The summed E-state index contributed by atoms with van der Waals surface area (Å²) >= 11 is 0. The fourth-order valence-corrected chi connectivity index (χ4v) is 2.46. The van der Waals surface area contributed by atoms with Gasteiger partial charge in [0.2, 0.25) is 0 Å². The Morgan fingerprint density at radius 2 is 2.00 bits per heavy atom. The Hall–Kier alpha value is -1.02. The highest BCUT2D eigenvalue weighted by molar-refractivity contribution is 5.31. The van der Waals surface area contributed by atoms with Crippen LogP contribution in [0.4, 0.5) is 0 Å². The molecule has 1 saturated heterocycles. The summed E-state index contributed by atoms with van der Waals surface area (Å²) in [5.74, 6) is 1.20. The van der Waals surface area contributed by atoms with Crippen molar-refractivity contribution in [2.45, 2.75) is 39.3 Å². The van der Waals surface area contributed by atoms with E-state index in [2.05, 4.69) is 18.7 Å². The summed E-state index contributed by atoms with van der Waals surface area (Å²) in [5, 5.41) is 9.77. The number of phenols is 1. The Kier molecular flexibility index (Phi) is 3.49. The molecule has 2 heteroatoms. The van der Waals surface area contributed by atoms with Gasteiger partial charge in [0.15, 0.2) is 0 Å². The number of para-hydroxylation sites is 1. The molecule has 1 fully saturated rings. The summed E-state index contributed by atoms with van der Waals surface area (Å²) in [6.07, 6.45) is 2.60. The molecule has 0 spiro atoms. The predicted molar refractivity (Wildman–Crippen MR) is 66.4 cm³/mol. The van der Waals surface area contributed by atoms with E-state index in [1.165, 1.54) is 12.8 Å². The average molecular weight is 219 g/mol. The second-order valence-electron chi connectivity index (χ2n) is 5.09. The molecule has 0 saturated carbocycles. The lowest BCUT2D eigenvalue weighted by Gasteiger charge is -2.36. The first-order chi connectivity index (χ1) is 7.66. The summed E-state index contributed by atoms with van der Waals surface area (Å²) in [7, 11) is 0. The van der Waals surface area contributed by atoms with Crippen molar-refractivity contribution in [2.24, 2.45) is 5.92 Å². The van der Waals surface area contributed by atoms with Crippen molar-refractivity contribution in [3.8, 4) is 5.75 Å². The van der Waals surface area contributed by atoms with Crippen LogP contribution in [0.5, 0.6) is 5.75 Å². The largest absolute Gasteiger partial charge is 0.508 e. The Balaban J connectivity index is 2.06. The van der Waals surface area contributed by atoms with Gasteiger partial charge in [-0.05, 0) is 31.7 Å². The molecule has 0 bridgehead atoms. The van der Waals surface area contributed by atoms with Crippen molar-refractivity contribution in [2.75, 3.05) is 6.54 Å². The molecule has 1 heterocycles. The summed E-state index contributed by atoms with van der Waals surface area (Å²) < 4.78 is 0. The molecule has 16 heavy (non-hydrogen) atoms. The van der Waals surface area contributed by atoms with Gasteiger partial charge in [-0.15, -0.1) is 0 Å². The van der Waals surface area contributed by atoms with E-state index in [0.717, 1.165) is 24.6 Å². The van der Waals surface area contributed by atoms with Crippen molar-refractivity contribution in [1.82, 2.24) is 4.90 Å². The van der Waals surface area contributed by atoms with Crippen LogP contribution in [0.1, 0.15) is 32.3 Å². The number of hydrogen-bond acceptors (Lipinski definition) is 2. The molecule has 2 atom stereocenters. The second kappa shape index (κ2) is 4.88. The standard InChI is InChI=1S/C14H21NO/c1-11-7-8-12(2)15(9-11)10-13-5-3-4-6-14(13)16/h3-6,11-12,16H,7-10H2,1-2H3. The van der Waals surface area contributed by atoms with E-state index in [9.17, 15) is 5.11 Å². The first kappa shape index (κ1) is 11.5. The molecule has 1 aliphatic heterocycles. The summed E-state index contributed by atoms with van der Waals surface area (Å²) in [6, 6.07) is 8.29. The molecule has 0 aliphatic carbocycles. The maximum atomic E-state index is 9.77. The number of hydrogen-bond donors (Lipinski definition) is 1. The summed E-state index contributed by atoms with van der Waals surface area (Å²) in [6.45, 7) is 6.61. The van der Waals surface area contributed by atoms with Crippen LogP contribution in [0, 0.1) is 5.92 Å². The van der Waals surface area contributed by atoms with E-state index >= 15 is 0 Å². The van der Waals surface area contributed by atoms with Crippen LogP contribution in [0.2, 0.25) is 0 Å².